The van der Waals surface area contributed by atoms with Crippen molar-refractivity contribution >= 4 is 17.2 Å². The van der Waals surface area contributed by atoms with Crippen molar-refractivity contribution in [1.82, 2.24) is 19.9 Å². The summed E-state index contributed by atoms with van der Waals surface area (Å²) in [4.78, 5) is 18.6. The number of methoxy groups -OCH3 is 3. The van der Waals surface area contributed by atoms with Crippen LogP contribution in [0.4, 0.5) is 5.69 Å². The Bertz CT molecular complexity index is 1150. The van der Waals surface area contributed by atoms with Gasteiger partial charge in [0.15, 0.2) is 17.1 Å². The second-order valence-electron chi connectivity index (χ2n) is 8.00. The molecule has 3 aromatic rings. The van der Waals surface area contributed by atoms with Crippen LogP contribution in [0.2, 0.25) is 0 Å². The Morgan fingerprint density at radius 3 is 2.38 bits per heavy atom. The van der Waals surface area contributed by atoms with E-state index < -0.39 is 0 Å². The SMILES string of the molecule is COc1cc(-c2c(C)nc3c(N4CCC(NC(C)=O)C4)cc(C)nn23)cc(OC)c1OC. The van der Waals surface area contributed by atoms with Crippen LogP contribution in [0, 0.1) is 13.8 Å². The predicted molar refractivity (Wildman–Crippen MR) is 122 cm³/mol. The van der Waals surface area contributed by atoms with E-state index in [2.05, 4.69) is 16.3 Å². The van der Waals surface area contributed by atoms with Gasteiger partial charge in [-0.2, -0.15) is 5.10 Å². The number of rotatable bonds is 6. The fraction of sp³-hybridized carbons (Fsp3) is 0.435. The molecule has 0 aliphatic carbocycles. The van der Waals surface area contributed by atoms with Gasteiger partial charge in [0.2, 0.25) is 11.7 Å². The first kappa shape index (κ1) is 21.7. The molecule has 1 aromatic carbocycles. The molecule has 1 atom stereocenters. The first-order valence-electron chi connectivity index (χ1n) is 10.6. The number of hydrogen-bond acceptors (Lipinski definition) is 7. The van der Waals surface area contributed by atoms with Crippen LogP contribution in [0.3, 0.4) is 0 Å². The zero-order valence-electron chi connectivity index (χ0n) is 19.4. The van der Waals surface area contributed by atoms with Crippen molar-refractivity contribution in [2.24, 2.45) is 0 Å². The fourth-order valence-electron chi connectivity index (χ4n) is 4.40. The van der Waals surface area contributed by atoms with Crippen molar-refractivity contribution in [3.63, 3.8) is 0 Å². The van der Waals surface area contributed by atoms with Gasteiger partial charge in [-0.1, -0.05) is 0 Å². The minimum atomic E-state index is -0.00533. The third-order valence-electron chi connectivity index (χ3n) is 5.74. The number of imidazole rings is 1. The van der Waals surface area contributed by atoms with Gasteiger partial charge in [0.05, 0.1) is 44.1 Å². The quantitative estimate of drug-likeness (QED) is 0.632. The maximum Gasteiger partial charge on any atom is 0.217 e. The molecule has 32 heavy (non-hydrogen) atoms. The van der Waals surface area contributed by atoms with Crippen molar-refractivity contribution in [2.45, 2.75) is 33.2 Å². The zero-order valence-corrected chi connectivity index (χ0v) is 19.4. The molecule has 1 N–H and O–H groups in total. The lowest BCUT2D eigenvalue weighted by atomic mass is 10.1. The second-order valence-corrected chi connectivity index (χ2v) is 8.00. The lowest BCUT2D eigenvalue weighted by Gasteiger charge is -2.20. The van der Waals surface area contributed by atoms with Crippen LogP contribution in [0.1, 0.15) is 24.7 Å². The number of amides is 1. The molecular weight excluding hydrogens is 410 g/mol. The highest BCUT2D eigenvalue weighted by Crippen LogP contribution is 2.42. The highest BCUT2D eigenvalue weighted by atomic mass is 16.5. The van der Waals surface area contributed by atoms with Crippen LogP contribution in [0.5, 0.6) is 17.2 Å². The molecule has 4 rings (SSSR count). The Morgan fingerprint density at radius 2 is 1.78 bits per heavy atom. The number of benzene rings is 1. The van der Waals surface area contributed by atoms with Gasteiger partial charge in [0.25, 0.3) is 0 Å². The number of nitrogens with zero attached hydrogens (tertiary/aromatic N) is 4. The largest absolute Gasteiger partial charge is 0.493 e. The van der Waals surface area contributed by atoms with E-state index in [0.29, 0.717) is 17.2 Å². The van der Waals surface area contributed by atoms with Crippen molar-refractivity contribution in [1.29, 1.82) is 0 Å². The molecule has 1 aliphatic rings. The monoisotopic (exact) mass is 439 g/mol. The number of aryl methyl sites for hydroxylation is 2. The molecule has 1 unspecified atom stereocenters. The number of fused-ring (bicyclic) bond motifs is 1. The molecule has 2 aromatic heterocycles. The van der Waals surface area contributed by atoms with E-state index in [1.807, 2.05) is 30.5 Å². The van der Waals surface area contributed by atoms with Crippen LogP contribution < -0.4 is 24.4 Å². The number of carbonyl (C=O) groups is 1. The Labute approximate surface area is 187 Å². The normalized spacial score (nSPS) is 15.8. The van der Waals surface area contributed by atoms with E-state index in [1.165, 1.54) is 0 Å². The van der Waals surface area contributed by atoms with Crippen molar-refractivity contribution < 1.29 is 19.0 Å². The lowest BCUT2D eigenvalue weighted by molar-refractivity contribution is -0.119. The Hall–Kier alpha value is -3.49. The van der Waals surface area contributed by atoms with Gasteiger partial charge in [-0.05, 0) is 38.5 Å². The third-order valence-corrected chi connectivity index (χ3v) is 5.74. The molecular formula is C23H29N5O4. The lowest BCUT2D eigenvalue weighted by Crippen LogP contribution is -2.35. The topological polar surface area (TPSA) is 90.2 Å². The number of ether oxygens (including phenoxy) is 3. The zero-order chi connectivity index (χ0) is 23.0. The van der Waals surface area contributed by atoms with E-state index in [4.69, 9.17) is 24.3 Å². The molecule has 1 saturated heterocycles. The standard InChI is InChI=1S/C23H29N5O4/c1-13-9-18(27-8-7-17(12-27)25-15(3)29)23-24-14(2)21(28(23)26-13)16-10-19(30-4)22(32-6)20(11-16)31-5/h9-11,17H,7-8,12H2,1-6H3,(H,25,29). The summed E-state index contributed by atoms with van der Waals surface area (Å²) in [6.45, 7) is 7.08. The summed E-state index contributed by atoms with van der Waals surface area (Å²) in [6.07, 6.45) is 0.895. The molecule has 1 fully saturated rings. The van der Waals surface area contributed by atoms with Crippen LogP contribution in [0.25, 0.3) is 16.9 Å². The number of carbonyl (C=O) groups excluding carboxylic acids is 1. The maximum absolute atomic E-state index is 11.5. The van der Waals surface area contributed by atoms with Gasteiger partial charge in [-0.15, -0.1) is 0 Å². The van der Waals surface area contributed by atoms with Crippen LogP contribution in [-0.4, -0.2) is 61.0 Å². The molecule has 1 amide bonds. The summed E-state index contributed by atoms with van der Waals surface area (Å²) >= 11 is 0. The molecule has 0 bridgehead atoms. The van der Waals surface area contributed by atoms with E-state index in [9.17, 15) is 4.79 Å². The minimum absolute atomic E-state index is 0.00533. The summed E-state index contributed by atoms with van der Waals surface area (Å²) in [6, 6.07) is 6.00. The summed E-state index contributed by atoms with van der Waals surface area (Å²) in [5.41, 5.74) is 5.23. The third kappa shape index (κ3) is 3.79. The predicted octanol–water partition coefficient (Wildman–Crippen LogP) is 2.75. The first-order chi connectivity index (χ1) is 15.4. The minimum Gasteiger partial charge on any atom is -0.493 e. The summed E-state index contributed by atoms with van der Waals surface area (Å²) in [7, 11) is 4.78. The van der Waals surface area contributed by atoms with Crippen LogP contribution >= 0.6 is 0 Å². The summed E-state index contributed by atoms with van der Waals surface area (Å²) in [5.74, 6) is 1.67. The Balaban J connectivity index is 1.84. The Kier molecular flexibility index (Phi) is 5.82. The highest BCUT2D eigenvalue weighted by molar-refractivity contribution is 5.78. The average molecular weight is 440 g/mol. The van der Waals surface area contributed by atoms with Gasteiger partial charge in [0, 0.05) is 31.6 Å². The average Bonchev–Trinajstić information content (AvgIpc) is 3.35. The highest BCUT2D eigenvalue weighted by Gasteiger charge is 2.27. The van der Waals surface area contributed by atoms with Crippen LogP contribution in [0.15, 0.2) is 18.2 Å². The van der Waals surface area contributed by atoms with Crippen molar-refractivity contribution in [2.75, 3.05) is 39.3 Å². The van der Waals surface area contributed by atoms with E-state index in [0.717, 1.165) is 53.5 Å². The summed E-state index contributed by atoms with van der Waals surface area (Å²) in [5, 5.41) is 7.79. The molecule has 9 nitrogen and oxygen atoms in total. The fourth-order valence-corrected chi connectivity index (χ4v) is 4.40. The first-order valence-corrected chi connectivity index (χ1v) is 10.6. The number of hydrogen-bond donors (Lipinski definition) is 1. The van der Waals surface area contributed by atoms with Gasteiger partial charge < -0.3 is 24.4 Å². The molecule has 9 heteroatoms. The smallest absolute Gasteiger partial charge is 0.217 e. The van der Waals surface area contributed by atoms with Crippen molar-refractivity contribution in [3.05, 3.63) is 29.6 Å². The van der Waals surface area contributed by atoms with E-state index >= 15 is 0 Å². The second kappa shape index (κ2) is 8.57. The number of nitrogens with one attached hydrogen (secondary N) is 1. The maximum atomic E-state index is 11.5. The van der Waals surface area contributed by atoms with E-state index in [-0.39, 0.29) is 11.9 Å². The Morgan fingerprint density at radius 1 is 1.09 bits per heavy atom. The van der Waals surface area contributed by atoms with Crippen LogP contribution in [-0.2, 0) is 4.79 Å². The van der Waals surface area contributed by atoms with Gasteiger partial charge in [-0.3, -0.25) is 4.79 Å². The number of aromatic nitrogens is 3. The van der Waals surface area contributed by atoms with Gasteiger partial charge in [0.1, 0.15) is 0 Å². The van der Waals surface area contributed by atoms with E-state index in [1.54, 1.807) is 28.3 Å². The molecule has 0 saturated carbocycles. The molecule has 0 radical (unpaired) electrons. The molecule has 3 heterocycles. The molecule has 0 spiro atoms. The molecule has 1 aliphatic heterocycles. The number of anilines is 1. The summed E-state index contributed by atoms with van der Waals surface area (Å²) < 4.78 is 18.4. The van der Waals surface area contributed by atoms with Gasteiger partial charge >= 0.3 is 0 Å². The van der Waals surface area contributed by atoms with Gasteiger partial charge in [-0.25, -0.2) is 9.50 Å². The van der Waals surface area contributed by atoms with Crippen molar-refractivity contribution in [3.8, 4) is 28.5 Å². The molecule has 170 valence electrons.